The summed E-state index contributed by atoms with van der Waals surface area (Å²) in [5.41, 5.74) is 4.90. The standard InChI is InChI=1S/C23H29FN2/c1-15(2)17-7-9-19(10-8-17)25-14-18-11-20-16(3)13-23(4,5)26(6)22(20)12-21(18)24/h7-12,14-16H,13H2,1-6H3. The minimum atomic E-state index is -0.219. The minimum absolute atomic E-state index is 0.0343. The Balaban J connectivity index is 1.91. The van der Waals surface area contributed by atoms with Crippen LogP contribution in [-0.2, 0) is 0 Å². The minimum Gasteiger partial charge on any atom is -0.369 e. The van der Waals surface area contributed by atoms with Crippen molar-refractivity contribution in [2.75, 3.05) is 11.9 Å². The molecule has 1 heterocycles. The van der Waals surface area contributed by atoms with Crippen molar-refractivity contribution in [3.63, 3.8) is 0 Å². The zero-order chi connectivity index (χ0) is 19.1. The van der Waals surface area contributed by atoms with Crippen molar-refractivity contribution < 1.29 is 4.39 Å². The van der Waals surface area contributed by atoms with Gasteiger partial charge in [0.25, 0.3) is 0 Å². The molecule has 0 bridgehead atoms. The number of benzene rings is 2. The summed E-state index contributed by atoms with van der Waals surface area (Å²) in [6.07, 6.45) is 2.70. The Morgan fingerprint density at radius 1 is 1.19 bits per heavy atom. The molecule has 0 aromatic heterocycles. The van der Waals surface area contributed by atoms with Gasteiger partial charge in [0.15, 0.2) is 0 Å². The summed E-state index contributed by atoms with van der Waals surface area (Å²) in [4.78, 5) is 6.67. The number of hydrogen-bond acceptors (Lipinski definition) is 2. The van der Waals surface area contributed by atoms with Crippen LogP contribution in [0.4, 0.5) is 15.8 Å². The third-order valence-electron chi connectivity index (χ3n) is 5.66. The summed E-state index contributed by atoms with van der Waals surface area (Å²) >= 11 is 0. The second-order valence-corrected chi connectivity index (χ2v) is 8.41. The molecular weight excluding hydrogens is 323 g/mol. The van der Waals surface area contributed by atoms with E-state index < -0.39 is 0 Å². The van der Waals surface area contributed by atoms with Gasteiger partial charge in [-0.2, -0.15) is 0 Å². The maximum atomic E-state index is 14.7. The maximum absolute atomic E-state index is 14.7. The van der Waals surface area contributed by atoms with Crippen LogP contribution in [0.2, 0.25) is 0 Å². The van der Waals surface area contributed by atoms with Crippen molar-refractivity contribution >= 4 is 17.6 Å². The molecule has 0 saturated heterocycles. The van der Waals surface area contributed by atoms with Gasteiger partial charge in [-0.25, -0.2) is 4.39 Å². The summed E-state index contributed by atoms with van der Waals surface area (Å²) < 4.78 is 14.7. The SMILES string of the molecule is CC(C)c1ccc(N=Cc2cc3c(cc2F)N(C)C(C)(C)CC3C)cc1. The first-order valence-corrected chi connectivity index (χ1v) is 9.40. The molecule has 1 atom stereocenters. The number of fused-ring (bicyclic) bond motifs is 1. The van der Waals surface area contributed by atoms with Crippen LogP contribution < -0.4 is 4.90 Å². The Hall–Kier alpha value is -2.16. The summed E-state index contributed by atoms with van der Waals surface area (Å²) in [6.45, 7) is 11.0. The molecule has 3 heteroatoms. The highest BCUT2D eigenvalue weighted by atomic mass is 19.1. The van der Waals surface area contributed by atoms with E-state index in [1.54, 1.807) is 12.3 Å². The van der Waals surface area contributed by atoms with Crippen molar-refractivity contribution in [3.8, 4) is 0 Å². The predicted octanol–water partition coefficient (Wildman–Crippen LogP) is 6.42. The van der Waals surface area contributed by atoms with Gasteiger partial charge in [0, 0.05) is 30.1 Å². The van der Waals surface area contributed by atoms with Crippen LogP contribution in [0.1, 0.15) is 69.6 Å². The smallest absolute Gasteiger partial charge is 0.134 e. The van der Waals surface area contributed by atoms with Crippen molar-refractivity contribution in [2.24, 2.45) is 4.99 Å². The lowest BCUT2D eigenvalue weighted by molar-refractivity contribution is 0.394. The zero-order valence-electron chi connectivity index (χ0n) is 16.7. The van der Waals surface area contributed by atoms with E-state index in [1.165, 1.54) is 11.1 Å². The van der Waals surface area contributed by atoms with E-state index in [9.17, 15) is 4.39 Å². The number of anilines is 1. The number of rotatable bonds is 3. The third kappa shape index (κ3) is 3.53. The number of hydrogen-bond donors (Lipinski definition) is 0. The Labute approximate surface area is 156 Å². The molecule has 2 aromatic carbocycles. The molecule has 2 nitrogen and oxygen atoms in total. The molecule has 0 saturated carbocycles. The first kappa shape index (κ1) is 18.6. The van der Waals surface area contributed by atoms with Crippen LogP contribution in [0.15, 0.2) is 41.4 Å². The fourth-order valence-corrected chi connectivity index (χ4v) is 3.79. The van der Waals surface area contributed by atoms with Crippen LogP contribution in [0.5, 0.6) is 0 Å². The van der Waals surface area contributed by atoms with E-state index in [0.717, 1.165) is 17.8 Å². The largest absolute Gasteiger partial charge is 0.369 e. The van der Waals surface area contributed by atoms with E-state index >= 15 is 0 Å². The molecule has 0 aliphatic carbocycles. The number of halogens is 1. The lowest BCUT2D eigenvalue weighted by atomic mass is 9.80. The van der Waals surface area contributed by atoms with Crippen molar-refractivity contribution in [3.05, 3.63) is 58.9 Å². The average Bonchev–Trinajstić information content (AvgIpc) is 2.58. The first-order chi connectivity index (χ1) is 12.2. The third-order valence-corrected chi connectivity index (χ3v) is 5.66. The Bertz CT molecular complexity index is 819. The van der Waals surface area contributed by atoms with Crippen LogP contribution in [0.25, 0.3) is 0 Å². The summed E-state index contributed by atoms with van der Waals surface area (Å²) in [5, 5.41) is 0. The Morgan fingerprint density at radius 3 is 2.46 bits per heavy atom. The lowest BCUT2D eigenvalue weighted by Crippen LogP contribution is -2.45. The molecule has 0 amide bonds. The number of aliphatic imine (C=N–C) groups is 1. The Kier molecular flexibility index (Phi) is 4.92. The highest BCUT2D eigenvalue weighted by molar-refractivity contribution is 5.84. The molecule has 0 fully saturated rings. The second kappa shape index (κ2) is 6.86. The van der Waals surface area contributed by atoms with Gasteiger partial charge < -0.3 is 4.90 Å². The molecule has 0 radical (unpaired) electrons. The van der Waals surface area contributed by atoms with Crippen molar-refractivity contribution in [1.29, 1.82) is 0 Å². The average molecular weight is 352 g/mol. The van der Waals surface area contributed by atoms with Gasteiger partial charge in [-0.1, -0.05) is 32.9 Å². The van der Waals surface area contributed by atoms with Gasteiger partial charge in [-0.05, 0) is 67.5 Å². The molecule has 138 valence electrons. The molecule has 0 N–H and O–H groups in total. The molecule has 0 spiro atoms. The van der Waals surface area contributed by atoms with Crippen molar-refractivity contribution in [2.45, 2.75) is 58.4 Å². The van der Waals surface area contributed by atoms with Gasteiger partial charge in [-0.15, -0.1) is 0 Å². The van der Waals surface area contributed by atoms with Gasteiger partial charge in [-0.3, -0.25) is 4.99 Å². The van der Waals surface area contributed by atoms with Gasteiger partial charge >= 0.3 is 0 Å². The van der Waals surface area contributed by atoms with Crippen molar-refractivity contribution in [1.82, 2.24) is 0 Å². The zero-order valence-corrected chi connectivity index (χ0v) is 16.7. The molecule has 1 unspecified atom stereocenters. The fourth-order valence-electron chi connectivity index (χ4n) is 3.79. The molecular formula is C23H29FN2. The second-order valence-electron chi connectivity index (χ2n) is 8.41. The maximum Gasteiger partial charge on any atom is 0.134 e. The summed E-state index contributed by atoms with van der Waals surface area (Å²) in [5.74, 6) is 0.672. The molecule has 26 heavy (non-hydrogen) atoms. The van der Waals surface area contributed by atoms with Crippen LogP contribution in [-0.4, -0.2) is 18.8 Å². The fraction of sp³-hybridized carbons (Fsp3) is 0.435. The number of nitrogens with zero attached hydrogens (tertiary/aromatic N) is 2. The van der Waals surface area contributed by atoms with Crippen LogP contribution in [0, 0.1) is 5.82 Å². The lowest BCUT2D eigenvalue weighted by Gasteiger charge is -2.45. The first-order valence-electron chi connectivity index (χ1n) is 9.40. The molecule has 2 aromatic rings. The van der Waals surface area contributed by atoms with E-state index in [0.29, 0.717) is 17.4 Å². The van der Waals surface area contributed by atoms with Gasteiger partial charge in [0.1, 0.15) is 5.82 Å². The summed E-state index contributed by atoms with van der Waals surface area (Å²) in [7, 11) is 2.05. The normalized spacial score (nSPS) is 19.2. The molecule has 1 aliphatic heterocycles. The van der Waals surface area contributed by atoms with E-state index in [2.05, 4.69) is 56.6 Å². The summed E-state index contributed by atoms with van der Waals surface area (Å²) in [6, 6.07) is 11.8. The molecule has 3 rings (SSSR count). The van der Waals surface area contributed by atoms with Crippen LogP contribution >= 0.6 is 0 Å². The van der Waals surface area contributed by atoms with E-state index in [-0.39, 0.29) is 11.4 Å². The predicted molar refractivity (Wildman–Crippen MR) is 110 cm³/mol. The highest BCUT2D eigenvalue weighted by Crippen LogP contribution is 2.43. The topological polar surface area (TPSA) is 15.6 Å². The quantitative estimate of drug-likeness (QED) is 0.582. The molecule has 1 aliphatic rings. The van der Waals surface area contributed by atoms with E-state index in [1.807, 2.05) is 25.2 Å². The van der Waals surface area contributed by atoms with E-state index in [4.69, 9.17) is 0 Å². The Morgan fingerprint density at radius 2 is 1.85 bits per heavy atom. The monoisotopic (exact) mass is 352 g/mol. The van der Waals surface area contributed by atoms with Gasteiger partial charge in [0.2, 0.25) is 0 Å². The van der Waals surface area contributed by atoms with Crippen LogP contribution in [0.3, 0.4) is 0 Å². The highest BCUT2D eigenvalue weighted by Gasteiger charge is 2.34. The van der Waals surface area contributed by atoms with Gasteiger partial charge in [0.05, 0.1) is 5.69 Å².